The number of aromatic nitrogens is 2. The number of benzene rings is 6. The van der Waals surface area contributed by atoms with Crippen LogP contribution >= 0.6 is 0 Å². The first-order valence-corrected chi connectivity index (χ1v) is 13.5. The van der Waals surface area contributed by atoms with Crippen molar-refractivity contribution in [2.75, 3.05) is 0 Å². The number of hydrogen-bond donors (Lipinski definition) is 0. The maximum Gasteiger partial charge on any atom is 0.0620 e. The van der Waals surface area contributed by atoms with Gasteiger partial charge in [-0.25, -0.2) is 0 Å². The molecule has 3 heterocycles. The number of nitrogens with zero attached hydrogens (tertiary/aromatic N) is 2. The van der Waals surface area contributed by atoms with E-state index in [1.807, 2.05) is 0 Å². The van der Waals surface area contributed by atoms with E-state index in [0.29, 0.717) is 0 Å². The third-order valence-electron chi connectivity index (χ3n) is 8.67. The molecular formula is C37H24N2. The summed E-state index contributed by atoms with van der Waals surface area (Å²) in [6, 6.07) is 46.8. The molecule has 0 aliphatic carbocycles. The molecule has 39 heavy (non-hydrogen) atoms. The van der Waals surface area contributed by atoms with E-state index >= 15 is 0 Å². The predicted octanol–water partition coefficient (Wildman–Crippen LogP) is 9.82. The Kier molecular flexibility index (Phi) is 4.02. The molecule has 0 aliphatic heterocycles. The topological polar surface area (TPSA) is 9.34 Å². The van der Waals surface area contributed by atoms with E-state index < -0.39 is 0 Å². The van der Waals surface area contributed by atoms with Crippen LogP contribution in [0.5, 0.6) is 0 Å². The molecule has 0 aliphatic rings. The van der Waals surface area contributed by atoms with Gasteiger partial charge in [0.2, 0.25) is 0 Å². The van der Waals surface area contributed by atoms with Crippen LogP contribution in [0.15, 0.2) is 127 Å². The quantitative estimate of drug-likeness (QED) is 0.225. The number of aryl methyl sites for hydroxylation is 1. The van der Waals surface area contributed by atoms with Crippen LogP contribution in [0, 0.1) is 0 Å². The maximum atomic E-state index is 2.44. The summed E-state index contributed by atoms with van der Waals surface area (Å²) >= 11 is 0. The third kappa shape index (κ3) is 2.75. The van der Waals surface area contributed by atoms with Crippen LogP contribution in [0.25, 0.3) is 82.2 Å². The molecule has 182 valence electrons. The molecule has 9 aromatic rings. The van der Waals surface area contributed by atoms with Crippen LogP contribution in [0.3, 0.4) is 0 Å². The van der Waals surface area contributed by atoms with E-state index in [1.54, 1.807) is 0 Å². The minimum absolute atomic E-state index is 1.25. The first-order valence-electron chi connectivity index (χ1n) is 13.5. The Morgan fingerprint density at radius 1 is 0.359 bits per heavy atom. The van der Waals surface area contributed by atoms with Crippen molar-refractivity contribution in [3.8, 4) is 22.3 Å². The minimum atomic E-state index is 1.25. The summed E-state index contributed by atoms with van der Waals surface area (Å²) in [5, 5.41) is 7.86. The summed E-state index contributed by atoms with van der Waals surface area (Å²) in [5.41, 5.74) is 11.4. The van der Waals surface area contributed by atoms with Gasteiger partial charge in [-0.3, -0.25) is 0 Å². The summed E-state index contributed by atoms with van der Waals surface area (Å²) < 4.78 is 4.75. The second kappa shape index (κ2) is 7.49. The standard InChI is InChI=1S/C37H24N2/c1-38-33-17-14-24(23-8-3-2-4-9-23)20-31(33)32-22-25(15-18-34(32)38)26-16-19-36-30(21-26)29-12-7-11-28-27-10-5-6-13-35(27)39(36)37(28)29/h2-22H,1H3. The van der Waals surface area contributed by atoms with Crippen molar-refractivity contribution in [3.63, 3.8) is 0 Å². The summed E-state index contributed by atoms with van der Waals surface area (Å²) in [5.74, 6) is 0. The molecule has 0 saturated heterocycles. The van der Waals surface area contributed by atoms with Crippen LogP contribution in [0.2, 0.25) is 0 Å². The highest BCUT2D eigenvalue weighted by Gasteiger charge is 2.17. The molecule has 0 unspecified atom stereocenters. The highest BCUT2D eigenvalue weighted by atomic mass is 14.9. The molecule has 0 radical (unpaired) electrons. The zero-order valence-corrected chi connectivity index (χ0v) is 21.5. The lowest BCUT2D eigenvalue weighted by Gasteiger charge is -2.05. The molecule has 2 heteroatoms. The molecule has 3 aromatic heterocycles. The average Bonchev–Trinajstić information content (AvgIpc) is 3.62. The van der Waals surface area contributed by atoms with Crippen molar-refractivity contribution in [1.29, 1.82) is 0 Å². The Balaban J connectivity index is 1.28. The number of fused-ring (bicyclic) bond motifs is 9. The zero-order chi connectivity index (χ0) is 25.7. The predicted molar refractivity (Wildman–Crippen MR) is 166 cm³/mol. The normalized spacial score (nSPS) is 12.2. The van der Waals surface area contributed by atoms with Crippen molar-refractivity contribution in [1.82, 2.24) is 8.97 Å². The number of rotatable bonds is 2. The van der Waals surface area contributed by atoms with Gasteiger partial charge in [0, 0.05) is 50.4 Å². The minimum Gasteiger partial charge on any atom is -0.344 e. The van der Waals surface area contributed by atoms with Crippen molar-refractivity contribution >= 4 is 59.9 Å². The van der Waals surface area contributed by atoms with E-state index in [9.17, 15) is 0 Å². The van der Waals surface area contributed by atoms with Crippen LogP contribution in [0.4, 0.5) is 0 Å². The fraction of sp³-hybridized carbons (Fsp3) is 0.0270. The fourth-order valence-electron chi connectivity index (χ4n) is 6.82. The first kappa shape index (κ1) is 20.9. The van der Waals surface area contributed by atoms with Crippen LogP contribution in [-0.2, 0) is 7.05 Å². The molecule has 0 N–H and O–H groups in total. The third-order valence-corrected chi connectivity index (χ3v) is 8.67. The van der Waals surface area contributed by atoms with E-state index in [2.05, 4.69) is 143 Å². The second-order valence-corrected chi connectivity index (χ2v) is 10.7. The Bertz CT molecular complexity index is 2390. The van der Waals surface area contributed by atoms with Crippen LogP contribution < -0.4 is 0 Å². The van der Waals surface area contributed by atoms with Crippen molar-refractivity contribution in [2.24, 2.45) is 7.05 Å². The Labute approximate surface area is 225 Å². The van der Waals surface area contributed by atoms with Gasteiger partial charge >= 0.3 is 0 Å². The van der Waals surface area contributed by atoms with Crippen molar-refractivity contribution < 1.29 is 0 Å². The summed E-state index contributed by atoms with van der Waals surface area (Å²) in [6.45, 7) is 0. The van der Waals surface area contributed by atoms with Gasteiger partial charge in [0.25, 0.3) is 0 Å². The molecule has 0 fully saturated rings. The molecular weight excluding hydrogens is 472 g/mol. The molecule has 9 rings (SSSR count). The number of hydrogen-bond acceptors (Lipinski definition) is 0. The van der Waals surface area contributed by atoms with E-state index in [1.165, 1.54) is 82.2 Å². The Morgan fingerprint density at radius 2 is 0.846 bits per heavy atom. The maximum absolute atomic E-state index is 2.44. The van der Waals surface area contributed by atoms with E-state index in [-0.39, 0.29) is 0 Å². The first-order chi connectivity index (χ1) is 19.3. The van der Waals surface area contributed by atoms with E-state index in [4.69, 9.17) is 0 Å². The van der Waals surface area contributed by atoms with Gasteiger partial charge in [-0.15, -0.1) is 0 Å². The molecule has 0 atom stereocenters. The summed E-state index contributed by atoms with van der Waals surface area (Å²) in [4.78, 5) is 0. The van der Waals surface area contributed by atoms with Gasteiger partial charge in [-0.1, -0.05) is 84.9 Å². The SMILES string of the molecule is Cn1c2ccc(-c3ccccc3)cc2c2cc(-c3ccc4c(c3)c3cccc5c6ccccc6n4c53)ccc21. The highest BCUT2D eigenvalue weighted by Crippen LogP contribution is 2.41. The Hall–Kier alpha value is -5.08. The van der Waals surface area contributed by atoms with Gasteiger partial charge in [0.15, 0.2) is 0 Å². The van der Waals surface area contributed by atoms with Gasteiger partial charge in [0.1, 0.15) is 0 Å². The zero-order valence-electron chi connectivity index (χ0n) is 21.5. The Morgan fingerprint density at radius 3 is 1.54 bits per heavy atom. The molecule has 0 amide bonds. The number of para-hydroxylation sites is 2. The largest absolute Gasteiger partial charge is 0.344 e. The molecule has 0 spiro atoms. The molecule has 0 saturated carbocycles. The lowest BCUT2D eigenvalue weighted by atomic mass is 9.99. The van der Waals surface area contributed by atoms with Crippen LogP contribution in [0.1, 0.15) is 0 Å². The summed E-state index contributed by atoms with van der Waals surface area (Å²) in [7, 11) is 2.17. The fourth-order valence-corrected chi connectivity index (χ4v) is 6.82. The molecule has 2 nitrogen and oxygen atoms in total. The molecule has 0 bridgehead atoms. The monoisotopic (exact) mass is 496 g/mol. The van der Waals surface area contributed by atoms with Gasteiger partial charge < -0.3 is 8.97 Å². The van der Waals surface area contributed by atoms with Crippen molar-refractivity contribution in [3.05, 3.63) is 127 Å². The smallest absolute Gasteiger partial charge is 0.0620 e. The van der Waals surface area contributed by atoms with Gasteiger partial charge in [-0.05, 0) is 64.7 Å². The van der Waals surface area contributed by atoms with Gasteiger partial charge in [0.05, 0.1) is 16.6 Å². The highest BCUT2D eigenvalue weighted by molar-refractivity contribution is 6.23. The van der Waals surface area contributed by atoms with Crippen LogP contribution in [-0.4, -0.2) is 8.97 Å². The average molecular weight is 497 g/mol. The molecule has 6 aromatic carbocycles. The lowest BCUT2D eigenvalue weighted by molar-refractivity contribution is 1.01. The lowest BCUT2D eigenvalue weighted by Crippen LogP contribution is -1.86. The van der Waals surface area contributed by atoms with E-state index in [0.717, 1.165) is 0 Å². The van der Waals surface area contributed by atoms with Gasteiger partial charge in [-0.2, -0.15) is 0 Å². The second-order valence-electron chi connectivity index (χ2n) is 10.7. The summed E-state index contributed by atoms with van der Waals surface area (Å²) in [6.07, 6.45) is 0. The van der Waals surface area contributed by atoms with Crippen molar-refractivity contribution in [2.45, 2.75) is 0 Å².